The number of nitrogens with one attached hydrogen (secondary N) is 1. The number of ketones is 1. The summed E-state index contributed by atoms with van der Waals surface area (Å²) in [6, 6.07) is 2.03. The number of hydrogen-bond donors (Lipinski definition) is 1. The van der Waals surface area contributed by atoms with E-state index >= 15 is 0 Å². The number of carbonyl (C=O) groups excluding carboxylic acids is 1. The summed E-state index contributed by atoms with van der Waals surface area (Å²) in [4.78, 5) is 34.7. The van der Waals surface area contributed by atoms with Gasteiger partial charge in [0.15, 0.2) is 11.7 Å². The first-order valence-electron chi connectivity index (χ1n) is 9.36. The maximum absolute atomic E-state index is 12.9. The second-order valence-corrected chi connectivity index (χ2v) is 8.40. The molecule has 1 atom stereocenters. The molecule has 0 amide bonds. The molecule has 0 saturated carbocycles. The number of Topliss-reactive ketones (excluding diaryl/α,β-unsaturated/α-hetero) is 1. The molecule has 3 aromatic heterocycles. The van der Waals surface area contributed by atoms with Gasteiger partial charge in [0.25, 0.3) is 5.56 Å². The molecule has 0 radical (unpaired) electrons. The zero-order valence-corrected chi connectivity index (χ0v) is 16.9. The molecule has 0 spiro atoms. The van der Waals surface area contributed by atoms with Gasteiger partial charge < -0.3 is 4.98 Å². The number of thiophene rings is 1. The molecule has 0 bridgehead atoms. The number of aromatic nitrogens is 4. The van der Waals surface area contributed by atoms with Gasteiger partial charge in [-0.3, -0.25) is 14.3 Å². The van der Waals surface area contributed by atoms with Gasteiger partial charge in [-0.2, -0.15) is 10.4 Å². The Morgan fingerprint density at radius 3 is 2.79 bits per heavy atom. The fraction of sp³-hybridized carbons (Fsp3) is 0.450. The van der Waals surface area contributed by atoms with E-state index in [1.54, 1.807) is 4.68 Å². The smallest absolute Gasteiger partial charge is 0.259 e. The van der Waals surface area contributed by atoms with Crippen LogP contribution in [0.25, 0.3) is 10.2 Å². The van der Waals surface area contributed by atoms with Gasteiger partial charge >= 0.3 is 0 Å². The van der Waals surface area contributed by atoms with E-state index in [2.05, 4.69) is 15.1 Å². The van der Waals surface area contributed by atoms with Crippen molar-refractivity contribution in [1.82, 2.24) is 19.7 Å². The van der Waals surface area contributed by atoms with Crippen LogP contribution >= 0.6 is 11.3 Å². The molecule has 0 aromatic carbocycles. The van der Waals surface area contributed by atoms with Crippen LogP contribution in [0.2, 0.25) is 0 Å². The zero-order chi connectivity index (χ0) is 20.0. The Balaban J connectivity index is 1.72. The fourth-order valence-electron chi connectivity index (χ4n) is 3.95. The first-order chi connectivity index (χ1) is 13.4. The molecule has 3 heterocycles. The summed E-state index contributed by atoms with van der Waals surface area (Å²) in [5.41, 5.74) is 3.33. The maximum atomic E-state index is 12.9. The van der Waals surface area contributed by atoms with Crippen molar-refractivity contribution in [3.8, 4) is 6.07 Å². The van der Waals surface area contributed by atoms with Crippen LogP contribution in [-0.4, -0.2) is 25.5 Å². The van der Waals surface area contributed by atoms with Crippen LogP contribution in [0.4, 0.5) is 0 Å². The van der Waals surface area contributed by atoms with E-state index in [4.69, 9.17) is 0 Å². The number of nitriles is 1. The first kappa shape index (κ1) is 18.6. The Labute approximate surface area is 166 Å². The summed E-state index contributed by atoms with van der Waals surface area (Å²) in [5, 5.41) is 14.6. The van der Waals surface area contributed by atoms with Gasteiger partial charge in [0.1, 0.15) is 10.7 Å². The van der Waals surface area contributed by atoms with Crippen molar-refractivity contribution in [2.75, 3.05) is 0 Å². The molecule has 1 N–H and O–H groups in total. The molecule has 7 nitrogen and oxygen atoms in total. The highest BCUT2D eigenvalue weighted by atomic mass is 32.1. The number of fused-ring (bicyclic) bond motifs is 3. The number of carbonyl (C=O) groups is 1. The van der Waals surface area contributed by atoms with Gasteiger partial charge in [0.05, 0.1) is 17.1 Å². The molecule has 3 aromatic rings. The molecule has 4 rings (SSSR count). The molecule has 0 saturated heterocycles. The van der Waals surface area contributed by atoms with Gasteiger partial charge in [-0.05, 0) is 45.1 Å². The van der Waals surface area contributed by atoms with Crippen molar-refractivity contribution in [2.45, 2.75) is 51.9 Å². The quantitative estimate of drug-likeness (QED) is 0.731. The van der Waals surface area contributed by atoms with E-state index < -0.39 is 5.92 Å². The van der Waals surface area contributed by atoms with Crippen LogP contribution in [0, 0.1) is 25.2 Å². The third-order valence-corrected chi connectivity index (χ3v) is 6.76. The minimum absolute atomic E-state index is 0.0897. The SMILES string of the molecule is Cc1nn(C)c(C)c1CC(=O)C(C#N)c1nc2sc3c(c2c(=O)[nH]1)CCCC3. The van der Waals surface area contributed by atoms with Gasteiger partial charge in [-0.25, -0.2) is 4.98 Å². The van der Waals surface area contributed by atoms with Crippen molar-refractivity contribution in [2.24, 2.45) is 7.05 Å². The Hall–Kier alpha value is -2.79. The summed E-state index contributed by atoms with van der Waals surface area (Å²) in [6.07, 6.45) is 4.13. The minimum atomic E-state index is -1.10. The summed E-state index contributed by atoms with van der Waals surface area (Å²) in [5.74, 6) is -1.25. The lowest BCUT2D eigenvalue weighted by Crippen LogP contribution is -2.21. The lowest BCUT2D eigenvalue weighted by atomic mass is 9.96. The van der Waals surface area contributed by atoms with Gasteiger partial charge in [-0.15, -0.1) is 11.3 Å². The van der Waals surface area contributed by atoms with Crippen molar-refractivity contribution < 1.29 is 4.79 Å². The lowest BCUT2D eigenvalue weighted by Gasteiger charge is -2.10. The molecule has 144 valence electrons. The molecule has 0 fully saturated rings. The number of aryl methyl sites for hydroxylation is 4. The van der Waals surface area contributed by atoms with Crippen molar-refractivity contribution >= 4 is 27.3 Å². The molecular formula is C20H21N5O2S. The third kappa shape index (κ3) is 2.96. The van der Waals surface area contributed by atoms with Crippen LogP contribution in [0.5, 0.6) is 0 Å². The molecule has 1 unspecified atom stereocenters. The number of H-pyrrole nitrogens is 1. The van der Waals surface area contributed by atoms with Crippen LogP contribution in [0.3, 0.4) is 0 Å². The second-order valence-electron chi connectivity index (χ2n) is 7.32. The van der Waals surface area contributed by atoms with E-state index in [0.717, 1.165) is 48.2 Å². The molecule has 28 heavy (non-hydrogen) atoms. The zero-order valence-electron chi connectivity index (χ0n) is 16.1. The maximum Gasteiger partial charge on any atom is 0.259 e. The predicted molar refractivity (Wildman–Crippen MR) is 107 cm³/mol. The number of nitrogens with zero attached hydrogens (tertiary/aromatic N) is 4. The molecule has 0 aliphatic heterocycles. The fourth-order valence-corrected chi connectivity index (χ4v) is 5.22. The largest absolute Gasteiger partial charge is 0.308 e. The Kier molecular flexibility index (Phi) is 4.63. The monoisotopic (exact) mass is 395 g/mol. The standard InChI is InChI=1S/C20H21N5O2S/c1-10-13(11(2)25(3)24-10)8-15(26)14(9-21)18-22-19(27)17-12-6-4-5-7-16(12)28-20(17)23-18/h14H,4-8H2,1-3H3,(H,22,23,27). The Morgan fingerprint density at radius 1 is 1.36 bits per heavy atom. The molecule has 8 heteroatoms. The highest BCUT2D eigenvalue weighted by molar-refractivity contribution is 7.18. The van der Waals surface area contributed by atoms with Gasteiger partial charge in [0, 0.05) is 29.6 Å². The Morgan fingerprint density at radius 2 is 2.11 bits per heavy atom. The highest BCUT2D eigenvalue weighted by Crippen LogP contribution is 2.34. The van der Waals surface area contributed by atoms with Crippen LogP contribution in [0.1, 0.15) is 52.0 Å². The number of rotatable bonds is 4. The van der Waals surface area contributed by atoms with Crippen LogP contribution < -0.4 is 5.56 Å². The van der Waals surface area contributed by atoms with E-state index in [1.807, 2.05) is 27.0 Å². The average Bonchev–Trinajstić information content (AvgIpc) is 3.15. The van der Waals surface area contributed by atoms with Crippen molar-refractivity contribution in [3.05, 3.63) is 43.6 Å². The van der Waals surface area contributed by atoms with E-state index in [0.29, 0.717) is 10.2 Å². The van der Waals surface area contributed by atoms with Crippen LogP contribution in [0.15, 0.2) is 4.79 Å². The topological polar surface area (TPSA) is 104 Å². The van der Waals surface area contributed by atoms with E-state index in [9.17, 15) is 14.9 Å². The van der Waals surface area contributed by atoms with Gasteiger partial charge in [-0.1, -0.05) is 0 Å². The summed E-state index contributed by atoms with van der Waals surface area (Å²) >= 11 is 1.51. The minimum Gasteiger partial charge on any atom is -0.308 e. The van der Waals surface area contributed by atoms with Gasteiger partial charge in [0.2, 0.25) is 0 Å². The third-order valence-electron chi connectivity index (χ3n) is 5.58. The Bertz CT molecular complexity index is 1190. The lowest BCUT2D eigenvalue weighted by molar-refractivity contribution is -0.118. The van der Waals surface area contributed by atoms with Crippen molar-refractivity contribution in [3.63, 3.8) is 0 Å². The van der Waals surface area contributed by atoms with E-state index in [1.165, 1.54) is 16.2 Å². The highest BCUT2D eigenvalue weighted by Gasteiger charge is 2.27. The molecule has 1 aliphatic rings. The number of hydrogen-bond acceptors (Lipinski definition) is 6. The van der Waals surface area contributed by atoms with E-state index in [-0.39, 0.29) is 23.6 Å². The normalized spacial score (nSPS) is 14.6. The predicted octanol–water partition coefficient (Wildman–Crippen LogP) is 2.63. The summed E-state index contributed by atoms with van der Waals surface area (Å²) in [6.45, 7) is 3.74. The van der Waals surface area contributed by atoms with Crippen molar-refractivity contribution in [1.29, 1.82) is 5.26 Å². The molecule has 1 aliphatic carbocycles. The first-order valence-corrected chi connectivity index (χ1v) is 10.2. The second kappa shape index (κ2) is 6.99. The summed E-state index contributed by atoms with van der Waals surface area (Å²) < 4.78 is 1.72. The molecular weight excluding hydrogens is 374 g/mol. The number of aromatic amines is 1. The van der Waals surface area contributed by atoms with Crippen LogP contribution in [-0.2, 0) is 31.1 Å². The average molecular weight is 395 g/mol. The summed E-state index contributed by atoms with van der Waals surface area (Å²) in [7, 11) is 1.82.